The summed E-state index contributed by atoms with van der Waals surface area (Å²) >= 11 is 0. The second kappa shape index (κ2) is 5.05. The van der Waals surface area contributed by atoms with Gasteiger partial charge in [0.05, 0.1) is 0 Å². The van der Waals surface area contributed by atoms with E-state index >= 15 is 0 Å². The van der Waals surface area contributed by atoms with Gasteiger partial charge in [0, 0.05) is 17.7 Å². The zero-order valence-electron chi connectivity index (χ0n) is 9.56. The van der Waals surface area contributed by atoms with E-state index in [4.69, 9.17) is 0 Å². The molecule has 76 valence electrons. The van der Waals surface area contributed by atoms with Gasteiger partial charge in [0.2, 0.25) is 0 Å². The molecule has 13 heavy (non-hydrogen) atoms. The molecule has 0 aromatic rings. The number of hydrogen-bond acceptors (Lipinski definition) is 2. The fraction of sp³-hybridized carbons (Fsp3) is 0.727. The van der Waals surface area contributed by atoms with E-state index < -0.39 is 0 Å². The first kappa shape index (κ1) is 12.2. The predicted molar refractivity (Wildman–Crippen MR) is 56.5 cm³/mol. The van der Waals surface area contributed by atoms with Crippen molar-refractivity contribution in [2.75, 3.05) is 0 Å². The van der Waals surface area contributed by atoms with Crippen molar-refractivity contribution in [1.29, 1.82) is 0 Å². The number of Topliss-reactive ketones (excluding diaryl/α,β-unsaturated/α-hetero) is 1. The molecule has 0 fully saturated rings. The average molecular weight is 183 g/mol. The van der Waals surface area contributed by atoms with Gasteiger partial charge < -0.3 is 5.32 Å². The first-order valence-corrected chi connectivity index (χ1v) is 4.80. The number of ketones is 1. The van der Waals surface area contributed by atoms with Crippen LogP contribution in [0.15, 0.2) is 11.3 Å². The van der Waals surface area contributed by atoms with E-state index in [9.17, 15) is 4.79 Å². The third-order valence-electron chi connectivity index (χ3n) is 2.36. The second-order valence-electron chi connectivity index (χ2n) is 3.94. The van der Waals surface area contributed by atoms with Crippen LogP contribution in [-0.4, -0.2) is 11.8 Å². The van der Waals surface area contributed by atoms with Gasteiger partial charge in [0.25, 0.3) is 0 Å². The molecule has 2 nitrogen and oxygen atoms in total. The van der Waals surface area contributed by atoms with Crippen LogP contribution in [0.5, 0.6) is 0 Å². The van der Waals surface area contributed by atoms with E-state index in [0.29, 0.717) is 6.04 Å². The molecule has 2 heteroatoms. The lowest BCUT2D eigenvalue weighted by Crippen LogP contribution is -2.23. The van der Waals surface area contributed by atoms with Crippen LogP contribution in [0.4, 0.5) is 0 Å². The minimum Gasteiger partial charge on any atom is -0.386 e. The van der Waals surface area contributed by atoms with E-state index in [1.54, 1.807) is 6.92 Å². The van der Waals surface area contributed by atoms with E-state index in [0.717, 1.165) is 11.3 Å². The van der Waals surface area contributed by atoms with Gasteiger partial charge in [-0.2, -0.15) is 0 Å². The SMILES string of the molecule is CC(=O)C(C)/C(C)=C(\C)NC(C)C. The van der Waals surface area contributed by atoms with Gasteiger partial charge in [-0.3, -0.25) is 4.79 Å². The van der Waals surface area contributed by atoms with Crippen molar-refractivity contribution in [2.24, 2.45) is 5.92 Å². The van der Waals surface area contributed by atoms with Gasteiger partial charge in [-0.15, -0.1) is 0 Å². The van der Waals surface area contributed by atoms with E-state index in [-0.39, 0.29) is 11.7 Å². The molecule has 0 saturated heterocycles. The van der Waals surface area contributed by atoms with Crippen LogP contribution < -0.4 is 5.32 Å². The van der Waals surface area contributed by atoms with Crippen molar-refractivity contribution in [3.05, 3.63) is 11.3 Å². The number of allylic oxidation sites excluding steroid dienone is 2. The highest BCUT2D eigenvalue weighted by Gasteiger charge is 2.12. The molecule has 0 aromatic carbocycles. The molecule has 0 amide bonds. The fourth-order valence-corrected chi connectivity index (χ4v) is 1.18. The maximum absolute atomic E-state index is 11.1. The summed E-state index contributed by atoms with van der Waals surface area (Å²) in [4.78, 5) is 11.1. The average Bonchev–Trinajstić information content (AvgIpc) is 2.00. The van der Waals surface area contributed by atoms with Crippen LogP contribution >= 0.6 is 0 Å². The molecule has 0 spiro atoms. The molecule has 0 saturated carbocycles. The van der Waals surface area contributed by atoms with Crippen molar-refractivity contribution >= 4 is 5.78 Å². The van der Waals surface area contributed by atoms with E-state index in [1.807, 2.05) is 20.8 Å². The summed E-state index contributed by atoms with van der Waals surface area (Å²) in [6.45, 7) is 11.8. The fourth-order valence-electron chi connectivity index (χ4n) is 1.18. The molecule has 0 aliphatic carbocycles. The molecule has 0 bridgehead atoms. The van der Waals surface area contributed by atoms with Crippen molar-refractivity contribution in [1.82, 2.24) is 5.32 Å². The summed E-state index contributed by atoms with van der Waals surface area (Å²) in [7, 11) is 0. The number of carbonyl (C=O) groups excluding carboxylic acids is 1. The highest BCUT2D eigenvalue weighted by atomic mass is 16.1. The van der Waals surface area contributed by atoms with E-state index in [1.165, 1.54) is 0 Å². The smallest absolute Gasteiger partial charge is 0.136 e. The third-order valence-corrected chi connectivity index (χ3v) is 2.36. The molecule has 1 N–H and O–H groups in total. The minimum absolute atomic E-state index is 0.0336. The lowest BCUT2D eigenvalue weighted by atomic mass is 9.97. The molecular formula is C11H21NO. The Morgan fingerprint density at radius 1 is 1.08 bits per heavy atom. The number of hydrogen-bond donors (Lipinski definition) is 1. The number of nitrogens with one attached hydrogen (secondary N) is 1. The molecule has 0 heterocycles. The highest BCUT2D eigenvalue weighted by Crippen LogP contribution is 2.14. The molecule has 0 aliphatic heterocycles. The zero-order chi connectivity index (χ0) is 10.6. The van der Waals surface area contributed by atoms with Crippen LogP contribution in [-0.2, 0) is 4.79 Å². The first-order valence-electron chi connectivity index (χ1n) is 4.80. The third kappa shape index (κ3) is 4.11. The Bertz CT molecular complexity index is 216. The van der Waals surface area contributed by atoms with Crippen molar-refractivity contribution < 1.29 is 4.79 Å². The van der Waals surface area contributed by atoms with Crippen molar-refractivity contribution in [3.63, 3.8) is 0 Å². The van der Waals surface area contributed by atoms with Crippen LogP contribution in [0, 0.1) is 5.92 Å². The lowest BCUT2D eigenvalue weighted by molar-refractivity contribution is -0.119. The van der Waals surface area contributed by atoms with Crippen LogP contribution in [0.25, 0.3) is 0 Å². The summed E-state index contributed by atoms with van der Waals surface area (Å²) in [6, 6.07) is 0.425. The monoisotopic (exact) mass is 183 g/mol. The molecule has 1 unspecified atom stereocenters. The van der Waals surface area contributed by atoms with Crippen molar-refractivity contribution in [2.45, 2.75) is 47.6 Å². The molecule has 1 atom stereocenters. The maximum Gasteiger partial charge on any atom is 0.136 e. The van der Waals surface area contributed by atoms with Gasteiger partial charge in [-0.05, 0) is 40.2 Å². The topological polar surface area (TPSA) is 29.1 Å². The lowest BCUT2D eigenvalue weighted by Gasteiger charge is -2.16. The standard InChI is InChI=1S/C11H21NO/c1-7(2)12-10(5)8(3)9(4)11(6)13/h7,9,12H,1-6H3/b10-8+. The Morgan fingerprint density at radius 2 is 1.54 bits per heavy atom. The predicted octanol–water partition coefficient (Wildman–Crippen LogP) is 2.50. The van der Waals surface area contributed by atoms with Crippen molar-refractivity contribution in [3.8, 4) is 0 Å². The Labute approximate surface area is 81.4 Å². The van der Waals surface area contributed by atoms with Crippen LogP contribution in [0.3, 0.4) is 0 Å². The Morgan fingerprint density at radius 3 is 1.85 bits per heavy atom. The number of rotatable bonds is 4. The summed E-state index contributed by atoms with van der Waals surface area (Å²) in [5.74, 6) is 0.258. The van der Waals surface area contributed by atoms with Gasteiger partial charge in [0.15, 0.2) is 0 Å². The largest absolute Gasteiger partial charge is 0.386 e. The molecule has 0 rings (SSSR count). The van der Waals surface area contributed by atoms with Gasteiger partial charge in [-0.25, -0.2) is 0 Å². The summed E-state index contributed by atoms with van der Waals surface area (Å²) < 4.78 is 0. The Kier molecular flexibility index (Phi) is 4.74. The van der Waals surface area contributed by atoms with Gasteiger partial charge in [0.1, 0.15) is 5.78 Å². The highest BCUT2D eigenvalue weighted by molar-refractivity contribution is 5.80. The molecule has 0 aromatic heterocycles. The van der Waals surface area contributed by atoms with Crippen LogP contribution in [0.1, 0.15) is 41.5 Å². The summed E-state index contributed by atoms with van der Waals surface area (Å²) in [5, 5.41) is 3.31. The number of carbonyl (C=O) groups is 1. The Hall–Kier alpha value is -0.790. The second-order valence-corrected chi connectivity index (χ2v) is 3.94. The van der Waals surface area contributed by atoms with E-state index in [2.05, 4.69) is 19.2 Å². The Balaban J connectivity index is 4.51. The molecule has 0 aliphatic rings. The van der Waals surface area contributed by atoms with Crippen LogP contribution in [0.2, 0.25) is 0 Å². The molecular weight excluding hydrogens is 162 g/mol. The quantitative estimate of drug-likeness (QED) is 0.725. The zero-order valence-corrected chi connectivity index (χ0v) is 9.56. The summed E-state index contributed by atoms with van der Waals surface area (Å²) in [5.41, 5.74) is 2.26. The van der Waals surface area contributed by atoms with Gasteiger partial charge >= 0.3 is 0 Å². The maximum atomic E-state index is 11.1. The minimum atomic E-state index is 0.0336. The summed E-state index contributed by atoms with van der Waals surface area (Å²) in [6.07, 6.45) is 0. The normalized spacial score (nSPS) is 15.3. The van der Waals surface area contributed by atoms with Gasteiger partial charge in [-0.1, -0.05) is 6.92 Å². The molecule has 0 radical (unpaired) electrons. The first-order chi connectivity index (χ1) is 5.86.